The Bertz CT molecular complexity index is 610. The SMILES string of the molecule is Cc1noc(C)c1CNC(C)c1cccc(N2CCCC2)c1. The van der Waals surface area contributed by atoms with Crippen molar-refractivity contribution in [2.45, 2.75) is 46.2 Å². The molecule has 0 spiro atoms. The highest BCUT2D eigenvalue weighted by Crippen LogP contribution is 2.24. The van der Waals surface area contributed by atoms with E-state index in [9.17, 15) is 0 Å². The van der Waals surface area contributed by atoms with Crippen molar-refractivity contribution in [2.24, 2.45) is 0 Å². The zero-order valence-electron chi connectivity index (χ0n) is 13.7. The second kappa shape index (κ2) is 6.53. The number of hydrogen-bond donors (Lipinski definition) is 1. The van der Waals surface area contributed by atoms with Crippen molar-refractivity contribution in [2.75, 3.05) is 18.0 Å². The van der Waals surface area contributed by atoms with Crippen LogP contribution in [0.2, 0.25) is 0 Å². The molecule has 22 heavy (non-hydrogen) atoms. The van der Waals surface area contributed by atoms with Gasteiger partial charge in [0.05, 0.1) is 5.69 Å². The van der Waals surface area contributed by atoms with E-state index in [4.69, 9.17) is 4.52 Å². The molecule has 2 aromatic rings. The van der Waals surface area contributed by atoms with Gasteiger partial charge in [-0.3, -0.25) is 0 Å². The Hall–Kier alpha value is -1.81. The van der Waals surface area contributed by atoms with Crippen LogP contribution in [0.15, 0.2) is 28.8 Å². The van der Waals surface area contributed by atoms with Crippen LogP contribution in [-0.2, 0) is 6.54 Å². The lowest BCUT2D eigenvalue weighted by atomic mass is 10.1. The smallest absolute Gasteiger partial charge is 0.138 e. The summed E-state index contributed by atoms with van der Waals surface area (Å²) in [5.74, 6) is 0.906. The zero-order valence-corrected chi connectivity index (χ0v) is 13.7. The Balaban J connectivity index is 1.67. The van der Waals surface area contributed by atoms with E-state index < -0.39 is 0 Å². The van der Waals surface area contributed by atoms with E-state index in [-0.39, 0.29) is 0 Å². The van der Waals surface area contributed by atoms with Gasteiger partial charge in [0.25, 0.3) is 0 Å². The maximum absolute atomic E-state index is 5.22. The third-order valence-electron chi connectivity index (χ3n) is 4.61. The minimum atomic E-state index is 0.302. The normalized spacial score (nSPS) is 16.2. The molecular formula is C18H25N3O. The molecule has 1 aliphatic heterocycles. The highest BCUT2D eigenvalue weighted by Gasteiger charge is 2.15. The molecule has 118 valence electrons. The van der Waals surface area contributed by atoms with Crippen LogP contribution in [0.4, 0.5) is 5.69 Å². The first kappa shape index (κ1) is 15.1. The number of nitrogens with zero attached hydrogens (tertiary/aromatic N) is 2. The molecule has 1 fully saturated rings. The van der Waals surface area contributed by atoms with Gasteiger partial charge in [-0.05, 0) is 51.3 Å². The summed E-state index contributed by atoms with van der Waals surface area (Å²) in [4.78, 5) is 2.48. The summed E-state index contributed by atoms with van der Waals surface area (Å²) in [5.41, 5.74) is 4.82. The average Bonchev–Trinajstić information content (AvgIpc) is 3.16. The molecule has 1 aliphatic rings. The van der Waals surface area contributed by atoms with Crippen molar-refractivity contribution in [3.63, 3.8) is 0 Å². The molecule has 2 heterocycles. The molecule has 3 rings (SSSR count). The van der Waals surface area contributed by atoms with Gasteiger partial charge in [0.2, 0.25) is 0 Å². The number of rotatable bonds is 5. The number of aryl methyl sites for hydroxylation is 2. The van der Waals surface area contributed by atoms with E-state index >= 15 is 0 Å². The monoisotopic (exact) mass is 299 g/mol. The van der Waals surface area contributed by atoms with Crippen LogP contribution in [0, 0.1) is 13.8 Å². The summed E-state index contributed by atoms with van der Waals surface area (Å²) < 4.78 is 5.22. The highest BCUT2D eigenvalue weighted by atomic mass is 16.5. The number of benzene rings is 1. The molecule has 4 heteroatoms. The van der Waals surface area contributed by atoms with E-state index in [1.54, 1.807) is 0 Å². The molecule has 1 unspecified atom stereocenters. The predicted octanol–water partition coefficient (Wildman–Crippen LogP) is 3.74. The third-order valence-corrected chi connectivity index (χ3v) is 4.61. The van der Waals surface area contributed by atoms with Crippen molar-refractivity contribution >= 4 is 5.69 Å². The molecular weight excluding hydrogens is 274 g/mol. The van der Waals surface area contributed by atoms with Gasteiger partial charge in [-0.2, -0.15) is 0 Å². The van der Waals surface area contributed by atoms with Crippen LogP contribution in [0.5, 0.6) is 0 Å². The maximum Gasteiger partial charge on any atom is 0.138 e. The fraction of sp³-hybridized carbons (Fsp3) is 0.500. The largest absolute Gasteiger partial charge is 0.372 e. The van der Waals surface area contributed by atoms with Gasteiger partial charge in [-0.1, -0.05) is 17.3 Å². The van der Waals surface area contributed by atoms with Crippen LogP contribution in [0.3, 0.4) is 0 Å². The molecule has 0 amide bonds. The van der Waals surface area contributed by atoms with Crippen molar-refractivity contribution in [1.29, 1.82) is 0 Å². The number of anilines is 1. The zero-order chi connectivity index (χ0) is 15.5. The van der Waals surface area contributed by atoms with Gasteiger partial charge in [0, 0.05) is 36.9 Å². The Kier molecular flexibility index (Phi) is 4.48. The van der Waals surface area contributed by atoms with Gasteiger partial charge in [-0.15, -0.1) is 0 Å². The minimum Gasteiger partial charge on any atom is -0.372 e. The van der Waals surface area contributed by atoms with E-state index in [0.29, 0.717) is 6.04 Å². The first-order valence-electron chi connectivity index (χ1n) is 8.15. The molecule has 1 N–H and O–H groups in total. The van der Waals surface area contributed by atoms with Crippen LogP contribution >= 0.6 is 0 Å². The van der Waals surface area contributed by atoms with Crippen molar-refractivity contribution in [3.05, 3.63) is 46.8 Å². The molecule has 1 aromatic carbocycles. The maximum atomic E-state index is 5.22. The molecule has 0 bridgehead atoms. The van der Waals surface area contributed by atoms with Crippen LogP contribution < -0.4 is 10.2 Å². The highest BCUT2D eigenvalue weighted by molar-refractivity contribution is 5.49. The quantitative estimate of drug-likeness (QED) is 0.913. The molecule has 1 saturated heterocycles. The van der Waals surface area contributed by atoms with E-state index in [0.717, 1.165) is 18.0 Å². The topological polar surface area (TPSA) is 41.3 Å². The van der Waals surface area contributed by atoms with Crippen LogP contribution in [-0.4, -0.2) is 18.2 Å². The van der Waals surface area contributed by atoms with Crippen molar-refractivity contribution in [1.82, 2.24) is 10.5 Å². The first-order valence-corrected chi connectivity index (χ1v) is 8.15. The second-order valence-electron chi connectivity index (χ2n) is 6.19. The van der Waals surface area contributed by atoms with Gasteiger partial charge in [0.1, 0.15) is 5.76 Å². The summed E-state index contributed by atoms with van der Waals surface area (Å²) in [6.45, 7) is 9.33. The fourth-order valence-corrected chi connectivity index (χ4v) is 3.09. The number of nitrogens with one attached hydrogen (secondary N) is 1. The second-order valence-corrected chi connectivity index (χ2v) is 6.19. The van der Waals surface area contributed by atoms with Crippen LogP contribution in [0.25, 0.3) is 0 Å². The van der Waals surface area contributed by atoms with Crippen molar-refractivity contribution < 1.29 is 4.52 Å². The van der Waals surface area contributed by atoms with Gasteiger partial charge < -0.3 is 14.7 Å². The van der Waals surface area contributed by atoms with Gasteiger partial charge in [-0.25, -0.2) is 0 Å². The van der Waals surface area contributed by atoms with Gasteiger partial charge in [0.15, 0.2) is 0 Å². The summed E-state index contributed by atoms with van der Waals surface area (Å²) in [6, 6.07) is 9.20. The van der Waals surface area contributed by atoms with Crippen LogP contribution in [0.1, 0.15) is 48.4 Å². The van der Waals surface area contributed by atoms with E-state index in [1.807, 2.05) is 13.8 Å². The predicted molar refractivity (Wildman–Crippen MR) is 89.1 cm³/mol. The van der Waals surface area contributed by atoms with Crippen molar-refractivity contribution in [3.8, 4) is 0 Å². The molecule has 0 radical (unpaired) electrons. The average molecular weight is 299 g/mol. The Morgan fingerprint density at radius 1 is 1.27 bits per heavy atom. The summed E-state index contributed by atoms with van der Waals surface area (Å²) in [7, 11) is 0. The number of hydrogen-bond acceptors (Lipinski definition) is 4. The molecule has 4 nitrogen and oxygen atoms in total. The molecule has 1 atom stereocenters. The summed E-state index contributed by atoms with van der Waals surface area (Å²) >= 11 is 0. The summed E-state index contributed by atoms with van der Waals surface area (Å²) in [6.07, 6.45) is 2.62. The standard InChI is InChI=1S/C18H25N3O/c1-13(19-12-18-14(2)20-22-15(18)3)16-7-6-8-17(11-16)21-9-4-5-10-21/h6-8,11,13,19H,4-5,9-10,12H2,1-3H3. The molecule has 1 aromatic heterocycles. The van der Waals surface area contributed by atoms with E-state index in [2.05, 4.69) is 46.6 Å². The molecule has 0 saturated carbocycles. The lowest BCUT2D eigenvalue weighted by Crippen LogP contribution is -2.20. The van der Waals surface area contributed by atoms with Gasteiger partial charge >= 0.3 is 0 Å². The minimum absolute atomic E-state index is 0.302. The Labute approximate surface area is 132 Å². The lowest BCUT2D eigenvalue weighted by molar-refractivity contribution is 0.391. The number of aromatic nitrogens is 1. The Morgan fingerprint density at radius 3 is 2.73 bits per heavy atom. The van der Waals surface area contributed by atoms with E-state index in [1.165, 1.54) is 42.7 Å². The Morgan fingerprint density at radius 2 is 2.05 bits per heavy atom. The summed E-state index contributed by atoms with van der Waals surface area (Å²) in [5, 5.41) is 7.59. The fourth-order valence-electron chi connectivity index (χ4n) is 3.09. The first-order chi connectivity index (χ1) is 10.6. The third kappa shape index (κ3) is 3.17. The molecule has 0 aliphatic carbocycles. The lowest BCUT2D eigenvalue weighted by Gasteiger charge is -2.20.